The van der Waals surface area contributed by atoms with E-state index in [-0.39, 0.29) is 0 Å². The van der Waals surface area contributed by atoms with Crippen LogP contribution in [-0.4, -0.2) is 6.61 Å². The number of anilines is 1. The van der Waals surface area contributed by atoms with E-state index in [1.807, 2.05) is 12.1 Å². The molecule has 2 heteroatoms. The lowest BCUT2D eigenvalue weighted by Gasteiger charge is -2.18. The van der Waals surface area contributed by atoms with E-state index in [0.29, 0.717) is 0 Å². The van der Waals surface area contributed by atoms with Crippen LogP contribution in [0.1, 0.15) is 17.5 Å². The Balaban J connectivity index is 2.06. The molecule has 0 fully saturated rings. The second kappa shape index (κ2) is 4.37. The molecule has 2 N–H and O–H groups in total. The monoisotopic (exact) mass is 239 g/mol. The number of nitrogen functional groups attached to an aromatic ring is 1. The molecule has 2 nitrogen and oxygen atoms in total. The maximum Gasteiger partial charge on any atom is 0.122 e. The van der Waals surface area contributed by atoms with Gasteiger partial charge in [-0.3, -0.25) is 0 Å². The molecule has 2 aromatic carbocycles. The first-order chi connectivity index (χ1) is 8.72. The summed E-state index contributed by atoms with van der Waals surface area (Å²) in [7, 11) is 0. The van der Waals surface area contributed by atoms with Crippen LogP contribution in [0.25, 0.3) is 11.1 Å². The molecule has 0 amide bonds. The van der Waals surface area contributed by atoms with E-state index in [0.717, 1.165) is 30.9 Å². The normalized spacial score (nSPS) is 13.8. The number of rotatable bonds is 1. The highest BCUT2D eigenvalue weighted by molar-refractivity contribution is 5.70. The minimum Gasteiger partial charge on any atom is -0.493 e. The number of hydrogen-bond donors (Lipinski definition) is 1. The van der Waals surface area contributed by atoms with Crippen molar-refractivity contribution in [1.29, 1.82) is 0 Å². The van der Waals surface area contributed by atoms with Crippen LogP contribution < -0.4 is 10.5 Å². The molecule has 1 heterocycles. The van der Waals surface area contributed by atoms with Crippen LogP contribution in [0.15, 0.2) is 36.4 Å². The van der Waals surface area contributed by atoms with Crippen molar-refractivity contribution >= 4 is 5.69 Å². The summed E-state index contributed by atoms with van der Waals surface area (Å²) in [4.78, 5) is 0. The van der Waals surface area contributed by atoms with Gasteiger partial charge in [-0.05, 0) is 66.3 Å². The van der Waals surface area contributed by atoms with E-state index in [1.54, 1.807) is 0 Å². The molecule has 0 atom stereocenters. The van der Waals surface area contributed by atoms with E-state index >= 15 is 0 Å². The van der Waals surface area contributed by atoms with Crippen LogP contribution >= 0.6 is 0 Å². The van der Waals surface area contributed by atoms with Crippen molar-refractivity contribution in [2.45, 2.75) is 19.8 Å². The van der Waals surface area contributed by atoms with Gasteiger partial charge in [-0.2, -0.15) is 0 Å². The van der Waals surface area contributed by atoms with Crippen molar-refractivity contribution in [3.63, 3.8) is 0 Å². The molecule has 3 rings (SSSR count). The standard InChI is InChI=1S/C16H17NO/c1-11-7-14(10-15(17)8-11)12-4-5-16-13(9-12)3-2-6-18-16/h4-5,7-10H,2-3,6,17H2,1H3. The van der Waals surface area contributed by atoms with Gasteiger partial charge in [0.05, 0.1) is 6.61 Å². The van der Waals surface area contributed by atoms with Crippen LogP contribution in [0.4, 0.5) is 5.69 Å². The van der Waals surface area contributed by atoms with Crippen LogP contribution in [0.5, 0.6) is 5.75 Å². The lowest BCUT2D eigenvalue weighted by Crippen LogP contribution is -2.08. The van der Waals surface area contributed by atoms with Gasteiger partial charge in [0.25, 0.3) is 0 Å². The largest absolute Gasteiger partial charge is 0.493 e. The summed E-state index contributed by atoms with van der Waals surface area (Å²) >= 11 is 0. The van der Waals surface area contributed by atoms with Crippen molar-refractivity contribution in [1.82, 2.24) is 0 Å². The smallest absolute Gasteiger partial charge is 0.122 e. The Morgan fingerprint density at radius 2 is 1.94 bits per heavy atom. The van der Waals surface area contributed by atoms with Gasteiger partial charge >= 0.3 is 0 Å². The molecule has 18 heavy (non-hydrogen) atoms. The summed E-state index contributed by atoms with van der Waals surface area (Å²) in [5.41, 5.74) is 11.6. The Kier molecular flexibility index (Phi) is 2.71. The van der Waals surface area contributed by atoms with Crippen molar-refractivity contribution < 1.29 is 4.74 Å². The zero-order chi connectivity index (χ0) is 12.5. The van der Waals surface area contributed by atoms with Crippen LogP contribution in [0.3, 0.4) is 0 Å². The fourth-order valence-corrected chi connectivity index (χ4v) is 2.52. The number of fused-ring (bicyclic) bond motifs is 1. The van der Waals surface area contributed by atoms with Gasteiger partial charge in [-0.1, -0.05) is 12.1 Å². The molecule has 92 valence electrons. The number of aryl methyl sites for hydroxylation is 2. The quantitative estimate of drug-likeness (QED) is 0.772. The van der Waals surface area contributed by atoms with Gasteiger partial charge in [0.2, 0.25) is 0 Å². The Morgan fingerprint density at radius 1 is 1.06 bits per heavy atom. The van der Waals surface area contributed by atoms with E-state index < -0.39 is 0 Å². The van der Waals surface area contributed by atoms with Gasteiger partial charge in [0.1, 0.15) is 5.75 Å². The third-order valence-electron chi connectivity index (χ3n) is 3.34. The molecule has 0 saturated carbocycles. The first-order valence-corrected chi connectivity index (χ1v) is 6.36. The highest BCUT2D eigenvalue weighted by Gasteiger charge is 2.11. The number of nitrogens with two attached hydrogens (primary N) is 1. The summed E-state index contributed by atoms with van der Waals surface area (Å²) in [6.45, 7) is 2.91. The topological polar surface area (TPSA) is 35.2 Å². The average molecular weight is 239 g/mol. The van der Waals surface area contributed by atoms with Crippen LogP contribution in [-0.2, 0) is 6.42 Å². The minimum atomic E-state index is 0.818. The fourth-order valence-electron chi connectivity index (χ4n) is 2.52. The fraction of sp³-hybridized carbons (Fsp3) is 0.250. The zero-order valence-electron chi connectivity index (χ0n) is 10.6. The molecule has 0 bridgehead atoms. The molecule has 0 radical (unpaired) electrons. The van der Waals surface area contributed by atoms with Crippen molar-refractivity contribution in [3.05, 3.63) is 47.5 Å². The highest BCUT2D eigenvalue weighted by Crippen LogP contribution is 2.31. The molecular formula is C16H17NO. The number of benzene rings is 2. The Labute approximate surface area is 107 Å². The summed E-state index contributed by atoms with van der Waals surface area (Å²) in [5.74, 6) is 1.03. The molecule has 1 aliphatic heterocycles. The van der Waals surface area contributed by atoms with Crippen molar-refractivity contribution in [2.24, 2.45) is 0 Å². The zero-order valence-corrected chi connectivity index (χ0v) is 10.6. The summed E-state index contributed by atoms with van der Waals surface area (Å²) in [5, 5.41) is 0. The van der Waals surface area contributed by atoms with Gasteiger partial charge in [0, 0.05) is 5.69 Å². The van der Waals surface area contributed by atoms with Gasteiger partial charge in [0.15, 0.2) is 0 Å². The van der Waals surface area contributed by atoms with Gasteiger partial charge in [-0.15, -0.1) is 0 Å². The second-order valence-electron chi connectivity index (χ2n) is 4.91. The molecule has 0 aliphatic carbocycles. The molecule has 0 unspecified atom stereocenters. The predicted molar refractivity (Wildman–Crippen MR) is 74.8 cm³/mol. The van der Waals surface area contributed by atoms with Crippen LogP contribution in [0.2, 0.25) is 0 Å². The van der Waals surface area contributed by atoms with Crippen LogP contribution in [0, 0.1) is 6.92 Å². The molecule has 0 spiro atoms. The first-order valence-electron chi connectivity index (χ1n) is 6.36. The summed E-state index contributed by atoms with van der Waals surface area (Å²) in [6.07, 6.45) is 2.21. The maximum absolute atomic E-state index is 5.91. The SMILES string of the molecule is Cc1cc(N)cc(-c2ccc3c(c2)CCCO3)c1. The van der Waals surface area contributed by atoms with Crippen molar-refractivity contribution in [2.75, 3.05) is 12.3 Å². The van der Waals surface area contributed by atoms with Crippen molar-refractivity contribution in [3.8, 4) is 16.9 Å². The third-order valence-corrected chi connectivity index (χ3v) is 3.34. The van der Waals surface area contributed by atoms with Gasteiger partial charge in [-0.25, -0.2) is 0 Å². The molecule has 0 saturated heterocycles. The second-order valence-corrected chi connectivity index (χ2v) is 4.91. The molecule has 0 aromatic heterocycles. The Bertz CT molecular complexity index is 569. The van der Waals surface area contributed by atoms with E-state index in [9.17, 15) is 0 Å². The third kappa shape index (κ3) is 2.06. The average Bonchev–Trinajstić information content (AvgIpc) is 2.37. The number of hydrogen-bond acceptors (Lipinski definition) is 2. The minimum absolute atomic E-state index is 0.818. The Morgan fingerprint density at radius 3 is 2.78 bits per heavy atom. The lowest BCUT2D eigenvalue weighted by molar-refractivity contribution is 0.288. The van der Waals surface area contributed by atoms with E-state index in [1.165, 1.54) is 22.3 Å². The summed E-state index contributed by atoms with van der Waals surface area (Å²) < 4.78 is 5.64. The number of ether oxygens (including phenoxy) is 1. The lowest BCUT2D eigenvalue weighted by atomic mass is 9.97. The van der Waals surface area contributed by atoms with E-state index in [2.05, 4.69) is 31.2 Å². The molecule has 2 aromatic rings. The van der Waals surface area contributed by atoms with E-state index in [4.69, 9.17) is 10.5 Å². The highest BCUT2D eigenvalue weighted by atomic mass is 16.5. The maximum atomic E-state index is 5.91. The summed E-state index contributed by atoms with van der Waals surface area (Å²) in [6, 6.07) is 12.6. The molecular weight excluding hydrogens is 222 g/mol. The molecule has 1 aliphatic rings. The first kappa shape index (κ1) is 11.1. The Hall–Kier alpha value is -1.96. The van der Waals surface area contributed by atoms with Gasteiger partial charge < -0.3 is 10.5 Å². The predicted octanol–water partition coefficient (Wildman–Crippen LogP) is 3.57.